The predicted octanol–water partition coefficient (Wildman–Crippen LogP) is 2.65. The van der Waals surface area contributed by atoms with Crippen molar-refractivity contribution >= 4 is 18.0 Å². The summed E-state index contributed by atoms with van der Waals surface area (Å²) in [4.78, 5) is 26.1. The number of benzene rings is 1. The number of carbonyl (C=O) groups excluding carboxylic acids is 2. The second kappa shape index (κ2) is 9.77. The molecule has 1 N–H and O–H groups in total. The molecule has 1 aromatic carbocycles. The maximum absolute atomic E-state index is 12.5. The normalized spacial score (nSPS) is 17.8. The van der Waals surface area contributed by atoms with Crippen LogP contribution in [0.4, 0.5) is 4.79 Å². The fourth-order valence-corrected chi connectivity index (χ4v) is 2.62. The number of amides is 1. The summed E-state index contributed by atoms with van der Waals surface area (Å²) in [5.41, 5.74) is 0.975. The van der Waals surface area contributed by atoms with Gasteiger partial charge in [0.25, 0.3) is 0 Å². The highest BCUT2D eigenvalue weighted by Crippen LogP contribution is 2.14. The number of nitrogens with zero attached hydrogens (tertiary/aromatic N) is 1. The van der Waals surface area contributed by atoms with Crippen LogP contribution in [-0.4, -0.2) is 55.7 Å². The Hall–Kier alpha value is -2.60. The van der Waals surface area contributed by atoms with E-state index in [-0.39, 0.29) is 11.9 Å². The van der Waals surface area contributed by atoms with Gasteiger partial charge in [-0.2, -0.15) is 0 Å². The second-order valence-electron chi connectivity index (χ2n) is 6.24. The van der Waals surface area contributed by atoms with Crippen molar-refractivity contribution in [3.8, 4) is 5.75 Å². The van der Waals surface area contributed by atoms with Crippen LogP contribution in [0.2, 0.25) is 0 Å². The van der Waals surface area contributed by atoms with E-state index in [4.69, 9.17) is 9.47 Å². The molecule has 1 unspecified atom stereocenters. The summed E-state index contributed by atoms with van der Waals surface area (Å²) in [6, 6.07) is 7.08. The number of allylic oxidation sites excluding steroid dienone is 2. The van der Waals surface area contributed by atoms with Crippen LogP contribution in [0.5, 0.6) is 5.75 Å². The molecule has 0 radical (unpaired) electrons. The molecule has 6 nitrogen and oxygen atoms in total. The molecule has 1 aromatic rings. The van der Waals surface area contributed by atoms with Gasteiger partial charge in [0.2, 0.25) is 0 Å². The van der Waals surface area contributed by atoms with E-state index in [9.17, 15) is 9.59 Å². The van der Waals surface area contributed by atoms with Crippen molar-refractivity contribution in [2.75, 3.05) is 26.7 Å². The summed E-state index contributed by atoms with van der Waals surface area (Å²) < 4.78 is 10.4. The van der Waals surface area contributed by atoms with E-state index < -0.39 is 12.1 Å². The number of ether oxygens (including phenoxy) is 2. The van der Waals surface area contributed by atoms with Crippen LogP contribution in [0.25, 0.3) is 6.08 Å². The van der Waals surface area contributed by atoms with Gasteiger partial charge in [0, 0.05) is 19.6 Å². The van der Waals surface area contributed by atoms with Crippen LogP contribution >= 0.6 is 0 Å². The largest absolute Gasteiger partial charge is 0.497 e. The van der Waals surface area contributed by atoms with Crippen molar-refractivity contribution in [3.05, 3.63) is 48.1 Å². The zero-order chi connectivity index (χ0) is 18.9. The summed E-state index contributed by atoms with van der Waals surface area (Å²) in [5, 5.41) is 3.15. The summed E-state index contributed by atoms with van der Waals surface area (Å²) in [7, 11) is 1.62. The fraction of sp³-hybridized carbons (Fsp3) is 0.400. The van der Waals surface area contributed by atoms with Crippen LogP contribution in [0.3, 0.4) is 0 Å². The molecule has 1 aliphatic heterocycles. The van der Waals surface area contributed by atoms with E-state index >= 15 is 0 Å². The van der Waals surface area contributed by atoms with Crippen LogP contribution in [0.1, 0.15) is 19.4 Å². The van der Waals surface area contributed by atoms with Crippen molar-refractivity contribution in [2.24, 2.45) is 0 Å². The summed E-state index contributed by atoms with van der Waals surface area (Å²) in [5.74, 6) is 0.646. The number of hydrogen-bond acceptors (Lipinski definition) is 5. The van der Waals surface area contributed by atoms with Crippen LogP contribution in [-0.2, 0) is 9.53 Å². The van der Waals surface area contributed by atoms with Crippen molar-refractivity contribution in [3.63, 3.8) is 0 Å². The van der Waals surface area contributed by atoms with E-state index in [1.54, 1.807) is 33.1 Å². The first-order valence-corrected chi connectivity index (χ1v) is 8.72. The second-order valence-corrected chi connectivity index (χ2v) is 6.24. The minimum atomic E-state index is -0.545. The van der Waals surface area contributed by atoms with Crippen LogP contribution in [0.15, 0.2) is 42.5 Å². The number of nitrogens with one attached hydrogen (secondary N) is 1. The first-order valence-electron chi connectivity index (χ1n) is 8.72. The minimum absolute atomic E-state index is 0.131. The van der Waals surface area contributed by atoms with Crippen molar-refractivity contribution in [2.45, 2.75) is 26.0 Å². The third-order valence-electron chi connectivity index (χ3n) is 3.90. The average Bonchev–Trinajstić information content (AvgIpc) is 2.64. The molecule has 0 spiro atoms. The summed E-state index contributed by atoms with van der Waals surface area (Å²) >= 11 is 0. The maximum Gasteiger partial charge on any atom is 0.410 e. The SMILES string of the molecule is COc1cccc(/C=C/C=C/C(=O)C2CNCCN2C(=O)OC(C)C)c1. The van der Waals surface area contributed by atoms with Gasteiger partial charge in [-0.1, -0.05) is 30.4 Å². The monoisotopic (exact) mass is 358 g/mol. The summed E-state index contributed by atoms with van der Waals surface area (Å²) in [6.45, 7) is 5.11. The molecule has 1 fully saturated rings. The van der Waals surface area contributed by atoms with E-state index in [1.807, 2.05) is 30.3 Å². The van der Waals surface area contributed by atoms with Gasteiger partial charge in [0.1, 0.15) is 11.8 Å². The molecule has 0 bridgehead atoms. The molecule has 1 aliphatic rings. The van der Waals surface area contributed by atoms with Crippen molar-refractivity contribution in [1.82, 2.24) is 10.2 Å². The Kier molecular flexibility index (Phi) is 7.41. The smallest absolute Gasteiger partial charge is 0.410 e. The molecule has 140 valence electrons. The van der Waals surface area contributed by atoms with E-state index in [2.05, 4.69) is 5.32 Å². The molecule has 1 atom stereocenters. The lowest BCUT2D eigenvalue weighted by atomic mass is 10.1. The standard InChI is InChI=1S/C20H26N2O4/c1-15(2)26-20(24)22-12-11-21-14-18(22)19(23)10-5-4-7-16-8-6-9-17(13-16)25-3/h4-10,13,15,18,21H,11-12,14H2,1-3H3/b7-4+,10-5+. The lowest BCUT2D eigenvalue weighted by Gasteiger charge is -2.34. The first-order chi connectivity index (χ1) is 12.5. The van der Waals surface area contributed by atoms with Gasteiger partial charge in [-0.3, -0.25) is 9.69 Å². The van der Waals surface area contributed by atoms with Gasteiger partial charge in [-0.05, 0) is 37.6 Å². The topological polar surface area (TPSA) is 67.9 Å². The highest BCUT2D eigenvalue weighted by Gasteiger charge is 2.32. The molecule has 6 heteroatoms. The minimum Gasteiger partial charge on any atom is -0.497 e. The Balaban J connectivity index is 1.98. The molecule has 1 amide bonds. The first kappa shape index (κ1) is 19.7. The van der Waals surface area contributed by atoms with Gasteiger partial charge in [0.15, 0.2) is 5.78 Å². The quantitative estimate of drug-likeness (QED) is 0.625. The van der Waals surface area contributed by atoms with Crippen molar-refractivity contribution < 1.29 is 19.1 Å². The molecule has 1 saturated heterocycles. The van der Waals surface area contributed by atoms with Gasteiger partial charge >= 0.3 is 6.09 Å². The lowest BCUT2D eigenvalue weighted by molar-refractivity contribution is -0.119. The lowest BCUT2D eigenvalue weighted by Crippen LogP contribution is -2.57. The number of rotatable bonds is 6. The van der Waals surface area contributed by atoms with Crippen LogP contribution in [0, 0.1) is 0 Å². The molecule has 2 rings (SSSR count). The molecule has 0 aromatic heterocycles. The Labute approximate surface area is 154 Å². The van der Waals surface area contributed by atoms with E-state index in [0.717, 1.165) is 11.3 Å². The summed E-state index contributed by atoms with van der Waals surface area (Å²) in [6.07, 6.45) is 6.19. The van der Waals surface area contributed by atoms with E-state index in [0.29, 0.717) is 19.6 Å². The van der Waals surface area contributed by atoms with Crippen molar-refractivity contribution in [1.29, 1.82) is 0 Å². The Morgan fingerprint density at radius 1 is 1.31 bits per heavy atom. The highest BCUT2D eigenvalue weighted by atomic mass is 16.6. The molecular weight excluding hydrogens is 332 g/mol. The van der Waals surface area contributed by atoms with Gasteiger partial charge in [0.05, 0.1) is 13.2 Å². The zero-order valence-corrected chi connectivity index (χ0v) is 15.5. The Bertz CT molecular complexity index is 682. The van der Waals surface area contributed by atoms with E-state index in [1.165, 1.54) is 11.0 Å². The number of methoxy groups -OCH3 is 1. The molecule has 26 heavy (non-hydrogen) atoms. The third kappa shape index (κ3) is 5.74. The number of carbonyl (C=O) groups is 2. The number of ketones is 1. The van der Waals surface area contributed by atoms with Gasteiger partial charge in [-0.15, -0.1) is 0 Å². The molecular formula is C20H26N2O4. The number of hydrogen-bond donors (Lipinski definition) is 1. The fourth-order valence-electron chi connectivity index (χ4n) is 2.62. The third-order valence-corrected chi connectivity index (χ3v) is 3.90. The average molecular weight is 358 g/mol. The van der Waals surface area contributed by atoms with Crippen LogP contribution < -0.4 is 10.1 Å². The molecule has 0 saturated carbocycles. The Morgan fingerprint density at radius 3 is 2.85 bits per heavy atom. The van der Waals surface area contributed by atoms with Gasteiger partial charge < -0.3 is 14.8 Å². The number of piperazine rings is 1. The molecule has 0 aliphatic carbocycles. The maximum atomic E-state index is 12.5. The predicted molar refractivity (Wildman–Crippen MR) is 101 cm³/mol. The zero-order valence-electron chi connectivity index (χ0n) is 15.5. The Morgan fingerprint density at radius 2 is 2.12 bits per heavy atom. The molecule has 1 heterocycles. The highest BCUT2D eigenvalue weighted by molar-refractivity contribution is 5.96. The van der Waals surface area contributed by atoms with Gasteiger partial charge in [-0.25, -0.2) is 4.79 Å².